The number of phosphoric acid groups is 1. The van der Waals surface area contributed by atoms with Crippen molar-refractivity contribution in [2.24, 2.45) is 0 Å². The van der Waals surface area contributed by atoms with Crippen molar-refractivity contribution >= 4 is 25.7 Å². The smallest absolute Gasteiger partial charge is 0.462 e. The van der Waals surface area contributed by atoms with Crippen LogP contribution in [-0.2, 0) is 42.2 Å². The van der Waals surface area contributed by atoms with Gasteiger partial charge in [-0.15, -0.1) is 0 Å². The zero-order chi connectivity index (χ0) is 54.1. The summed E-state index contributed by atoms with van der Waals surface area (Å²) in [7, 11) is -4.75. The van der Waals surface area contributed by atoms with E-state index in [4.69, 9.17) is 23.3 Å². The van der Waals surface area contributed by atoms with E-state index in [0.29, 0.717) is 19.3 Å². The maximum atomic E-state index is 12.9. The van der Waals surface area contributed by atoms with Crippen LogP contribution in [-0.4, -0.2) is 66.5 Å². The van der Waals surface area contributed by atoms with Crippen LogP contribution in [0.5, 0.6) is 0 Å². The van der Waals surface area contributed by atoms with Crippen LogP contribution in [0.25, 0.3) is 0 Å². The second kappa shape index (κ2) is 56.6. The number of rotatable bonds is 57. The van der Waals surface area contributed by atoms with Crippen molar-refractivity contribution in [3.63, 3.8) is 0 Å². The molecule has 0 saturated heterocycles. The topological polar surface area (TPSA) is 155 Å². The summed E-state index contributed by atoms with van der Waals surface area (Å²) in [5, 5.41) is 9.83. The van der Waals surface area contributed by atoms with Gasteiger partial charge in [0, 0.05) is 19.3 Å². The second-order valence-corrected chi connectivity index (χ2v) is 21.9. The Balaban J connectivity index is 4.71. The fraction of sp³-hybridized carbons (Fsp3) is 0.823. The van der Waals surface area contributed by atoms with Crippen molar-refractivity contribution in [1.29, 1.82) is 0 Å². The van der Waals surface area contributed by atoms with E-state index in [2.05, 4.69) is 69.4 Å². The van der Waals surface area contributed by atoms with Crippen LogP contribution in [0.3, 0.4) is 0 Å². The highest BCUT2D eigenvalue weighted by atomic mass is 31.2. The molecule has 11 nitrogen and oxygen atoms in total. The summed E-state index contributed by atoms with van der Waals surface area (Å²) >= 11 is 0. The van der Waals surface area contributed by atoms with E-state index in [9.17, 15) is 28.9 Å². The van der Waals surface area contributed by atoms with Crippen LogP contribution < -0.4 is 0 Å². The van der Waals surface area contributed by atoms with Crippen LogP contribution in [0.2, 0.25) is 0 Å². The van der Waals surface area contributed by atoms with Crippen LogP contribution in [0.4, 0.5) is 0 Å². The molecule has 0 rings (SSSR count). The molecule has 0 amide bonds. The zero-order valence-corrected chi connectivity index (χ0v) is 48.7. The number of aliphatic hydroxyl groups is 1. The lowest BCUT2D eigenvalue weighted by Gasteiger charge is -2.21. The first kappa shape index (κ1) is 71.4. The summed E-state index contributed by atoms with van der Waals surface area (Å²) in [6, 6.07) is 0. The minimum atomic E-state index is -4.75. The van der Waals surface area contributed by atoms with Gasteiger partial charge in [0.2, 0.25) is 0 Å². The average Bonchev–Trinajstić information content (AvgIpc) is 3.39. The lowest BCUT2D eigenvalue weighted by molar-refractivity contribution is -0.161. The Hall–Kier alpha value is -2.56. The molecule has 0 aromatic rings. The van der Waals surface area contributed by atoms with Gasteiger partial charge in [-0.3, -0.25) is 23.4 Å². The molecule has 432 valence electrons. The fourth-order valence-corrected chi connectivity index (χ4v) is 9.39. The first-order valence-electron chi connectivity index (χ1n) is 30.5. The van der Waals surface area contributed by atoms with Gasteiger partial charge in [0.15, 0.2) is 6.10 Å². The van der Waals surface area contributed by atoms with Crippen molar-refractivity contribution in [2.45, 2.75) is 303 Å². The molecule has 0 saturated carbocycles. The summed E-state index contributed by atoms with van der Waals surface area (Å²) in [5.74, 6) is -1.47. The zero-order valence-electron chi connectivity index (χ0n) is 47.8. The van der Waals surface area contributed by atoms with Crippen molar-refractivity contribution in [1.82, 2.24) is 0 Å². The van der Waals surface area contributed by atoms with Gasteiger partial charge in [-0.2, -0.15) is 0 Å². The Morgan fingerprint density at radius 1 is 0.392 bits per heavy atom. The van der Waals surface area contributed by atoms with Gasteiger partial charge < -0.3 is 24.2 Å². The lowest BCUT2D eigenvalue weighted by Crippen LogP contribution is -2.30. The highest BCUT2D eigenvalue weighted by Gasteiger charge is 2.28. The van der Waals surface area contributed by atoms with Crippen molar-refractivity contribution in [2.75, 3.05) is 26.4 Å². The normalized spacial score (nSPS) is 13.6. The molecule has 2 N–H and O–H groups in total. The van der Waals surface area contributed by atoms with E-state index < -0.39 is 57.8 Å². The number of ether oxygens (including phenoxy) is 3. The second-order valence-electron chi connectivity index (χ2n) is 20.5. The lowest BCUT2D eigenvalue weighted by atomic mass is 10.0. The number of phosphoric ester groups is 1. The average molecular weight is 1070 g/mol. The van der Waals surface area contributed by atoms with Gasteiger partial charge in [-0.1, -0.05) is 243 Å². The Bertz CT molecular complexity index is 1430. The van der Waals surface area contributed by atoms with Crippen LogP contribution in [0.15, 0.2) is 48.6 Å². The third-order valence-electron chi connectivity index (χ3n) is 13.2. The van der Waals surface area contributed by atoms with E-state index in [1.807, 2.05) is 0 Å². The van der Waals surface area contributed by atoms with Crippen molar-refractivity contribution in [3.05, 3.63) is 48.6 Å². The molecule has 0 aliphatic carbocycles. The van der Waals surface area contributed by atoms with Crippen molar-refractivity contribution in [3.8, 4) is 0 Å². The van der Waals surface area contributed by atoms with Gasteiger partial charge in [0.1, 0.15) is 12.7 Å². The number of carbonyl (C=O) groups is 3. The Kier molecular flexibility index (Phi) is 54.7. The molecule has 12 heteroatoms. The molecule has 0 bridgehead atoms. The molecule has 0 aliphatic rings. The van der Waals surface area contributed by atoms with Crippen LogP contribution in [0.1, 0.15) is 290 Å². The maximum Gasteiger partial charge on any atom is 0.472 e. The largest absolute Gasteiger partial charge is 0.472 e. The Labute approximate surface area is 453 Å². The quantitative estimate of drug-likeness (QED) is 0.0197. The standard InChI is InChI=1S/C62H113O11P/c1-4-7-10-13-16-19-22-25-28-29-32-35-38-41-44-47-50-53-62(66)73-59(55-69-60(64)51-48-45-42-39-36-33-30-26-23-20-17-14-11-8-5-2)57-71-74(67,68)70-56-58(54-63)72-61(65)52-49-46-43-40-37-34-31-27-24-21-18-15-12-9-6-3/h8,11,17,20,26-27,30-31,58-59,63H,4-7,9-10,12-16,18-19,21-25,28-29,32-57H2,1-3H3,(H,67,68)/b11-8-,20-17-,30-26-,31-27-. The van der Waals surface area contributed by atoms with Crippen LogP contribution >= 0.6 is 7.82 Å². The molecular weight excluding hydrogens is 952 g/mol. The molecule has 3 atom stereocenters. The van der Waals surface area contributed by atoms with E-state index >= 15 is 0 Å². The van der Waals surface area contributed by atoms with Gasteiger partial charge in [-0.25, -0.2) is 4.57 Å². The van der Waals surface area contributed by atoms with E-state index in [0.717, 1.165) is 109 Å². The fourth-order valence-electron chi connectivity index (χ4n) is 8.60. The number of unbranched alkanes of at least 4 members (excludes halogenated alkanes) is 32. The SMILES string of the molecule is CC/C=C\C/C=C\C/C=C\CCCCCCCC(=O)OCC(COP(=O)(O)OCC(CO)OC(=O)CCCCCCC/C=C\CCCCCCCC)OC(=O)CCCCCCCCCCCCCCCCCCC. The first-order chi connectivity index (χ1) is 36.2. The van der Waals surface area contributed by atoms with Gasteiger partial charge in [0.25, 0.3) is 0 Å². The monoisotopic (exact) mass is 1060 g/mol. The summed E-state index contributed by atoms with van der Waals surface area (Å²) in [5.41, 5.74) is 0. The molecule has 0 fully saturated rings. The summed E-state index contributed by atoms with van der Waals surface area (Å²) < 4.78 is 39.6. The van der Waals surface area contributed by atoms with Gasteiger partial charge >= 0.3 is 25.7 Å². The molecule has 74 heavy (non-hydrogen) atoms. The molecule has 0 radical (unpaired) electrons. The number of carbonyl (C=O) groups excluding carboxylic acids is 3. The molecule has 0 aromatic carbocycles. The first-order valence-corrected chi connectivity index (χ1v) is 32.0. The highest BCUT2D eigenvalue weighted by Crippen LogP contribution is 2.43. The van der Waals surface area contributed by atoms with Gasteiger partial charge in [0.05, 0.1) is 19.8 Å². The number of hydrogen-bond donors (Lipinski definition) is 2. The van der Waals surface area contributed by atoms with E-state index in [1.54, 1.807) is 0 Å². The van der Waals surface area contributed by atoms with Gasteiger partial charge in [-0.05, 0) is 77.0 Å². The minimum absolute atomic E-state index is 0.167. The molecule has 0 aliphatic heterocycles. The Morgan fingerprint density at radius 3 is 1.09 bits per heavy atom. The maximum absolute atomic E-state index is 12.9. The van der Waals surface area contributed by atoms with E-state index in [-0.39, 0.29) is 25.9 Å². The predicted molar refractivity (Wildman–Crippen MR) is 307 cm³/mol. The molecule has 0 heterocycles. The number of aliphatic hydroxyl groups excluding tert-OH is 1. The molecule has 0 spiro atoms. The highest BCUT2D eigenvalue weighted by molar-refractivity contribution is 7.47. The van der Waals surface area contributed by atoms with E-state index in [1.165, 1.54) is 122 Å². The third kappa shape index (κ3) is 54.2. The van der Waals surface area contributed by atoms with Crippen LogP contribution in [0, 0.1) is 0 Å². The summed E-state index contributed by atoms with van der Waals surface area (Å²) in [4.78, 5) is 48.6. The molecule has 0 aromatic heterocycles. The third-order valence-corrected chi connectivity index (χ3v) is 14.2. The van der Waals surface area contributed by atoms with Crippen molar-refractivity contribution < 1.29 is 52.2 Å². The molecular formula is C62H113O11P. The Morgan fingerprint density at radius 2 is 0.703 bits per heavy atom. The minimum Gasteiger partial charge on any atom is -0.462 e. The summed E-state index contributed by atoms with van der Waals surface area (Å²) in [6.07, 6.45) is 60.6. The number of allylic oxidation sites excluding steroid dienone is 8. The number of hydrogen-bond acceptors (Lipinski definition) is 10. The molecule has 3 unspecified atom stereocenters. The summed E-state index contributed by atoms with van der Waals surface area (Å²) in [6.45, 7) is 4.55. The predicted octanol–water partition coefficient (Wildman–Crippen LogP) is 18.1. The number of esters is 3.